The number of nitrogens with two attached hydrogens (primary N) is 1. The predicted molar refractivity (Wildman–Crippen MR) is 83.2 cm³/mol. The van der Waals surface area contributed by atoms with E-state index in [0.717, 1.165) is 12.1 Å². The van der Waals surface area contributed by atoms with Crippen molar-refractivity contribution in [2.45, 2.75) is 22.5 Å². The lowest BCUT2D eigenvalue weighted by molar-refractivity contribution is -0.137. The molecule has 0 unspecified atom stereocenters. The molecule has 0 radical (unpaired) electrons. The Hall–Kier alpha value is -2.02. The van der Waals surface area contributed by atoms with Crippen LogP contribution < -0.4 is 9.86 Å². The van der Waals surface area contributed by atoms with Crippen molar-refractivity contribution in [2.75, 3.05) is 0 Å². The summed E-state index contributed by atoms with van der Waals surface area (Å²) in [6.07, 6.45) is -4.83. The van der Waals surface area contributed by atoms with Crippen LogP contribution in [0.4, 0.5) is 17.6 Å². The molecular weight excluding hydrogens is 400 g/mol. The van der Waals surface area contributed by atoms with Gasteiger partial charge in [0, 0.05) is 6.54 Å². The van der Waals surface area contributed by atoms with Crippen LogP contribution in [0.3, 0.4) is 0 Å². The number of hydrogen-bond donors (Lipinski definition) is 2. The number of hydrogen-bond acceptors (Lipinski definition) is 4. The Kier molecular flexibility index (Phi) is 5.42. The first-order chi connectivity index (χ1) is 11.8. The molecular formula is C14H12F4N2O4S2. The fraction of sp³-hybridized carbons (Fsp3) is 0.143. The summed E-state index contributed by atoms with van der Waals surface area (Å²) < 4.78 is 100. The van der Waals surface area contributed by atoms with Crippen molar-refractivity contribution >= 4 is 20.0 Å². The third-order valence-electron chi connectivity index (χ3n) is 3.27. The molecule has 26 heavy (non-hydrogen) atoms. The molecule has 142 valence electrons. The van der Waals surface area contributed by atoms with E-state index in [0.29, 0.717) is 12.1 Å². The molecule has 2 rings (SSSR count). The molecule has 2 aromatic rings. The first-order valence-electron chi connectivity index (χ1n) is 6.79. The Labute approximate surface area is 146 Å². The second-order valence-corrected chi connectivity index (χ2v) is 8.45. The second kappa shape index (κ2) is 6.95. The van der Waals surface area contributed by atoms with Gasteiger partial charge < -0.3 is 0 Å². The van der Waals surface area contributed by atoms with Crippen LogP contribution >= 0.6 is 0 Å². The summed E-state index contributed by atoms with van der Waals surface area (Å²) in [6.45, 7) is -0.400. The molecule has 0 spiro atoms. The van der Waals surface area contributed by atoms with E-state index in [-0.39, 0.29) is 16.5 Å². The lowest BCUT2D eigenvalue weighted by Gasteiger charge is -2.11. The summed E-state index contributed by atoms with van der Waals surface area (Å²) in [4.78, 5) is -1.35. The van der Waals surface area contributed by atoms with Crippen molar-refractivity contribution in [3.8, 4) is 0 Å². The highest BCUT2D eigenvalue weighted by Crippen LogP contribution is 2.31. The smallest absolute Gasteiger partial charge is 0.225 e. The van der Waals surface area contributed by atoms with Crippen LogP contribution in [0.5, 0.6) is 0 Å². The quantitative estimate of drug-likeness (QED) is 0.733. The van der Waals surface area contributed by atoms with Crippen molar-refractivity contribution in [3.63, 3.8) is 0 Å². The second-order valence-electron chi connectivity index (χ2n) is 5.16. The summed E-state index contributed by atoms with van der Waals surface area (Å²) in [5.74, 6) is -1.34. The van der Waals surface area contributed by atoms with Gasteiger partial charge in [0.15, 0.2) is 0 Å². The van der Waals surface area contributed by atoms with Gasteiger partial charge in [-0.3, -0.25) is 0 Å². The van der Waals surface area contributed by atoms with Crippen molar-refractivity contribution in [1.82, 2.24) is 4.72 Å². The number of nitrogens with one attached hydrogen (secondary N) is 1. The van der Waals surface area contributed by atoms with Crippen molar-refractivity contribution in [2.24, 2.45) is 5.14 Å². The molecule has 0 aliphatic heterocycles. The number of primary sulfonamides is 1. The van der Waals surface area contributed by atoms with E-state index in [1.54, 1.807) is 0 Å². The lowest BCUT2D eigenvalue weighted by Crippen LogP contribution is -2.25. The molecule has 0 amide bonds. The van der Waals surface area contributed by atoms with Crippen LogP contribution in [0, 0.1) is 5.82 Å². The number of benzene rings is 2. The highest BCUT2D eigenvalue weighted by Gasteiger charge is 2.33. The average Bonchev–Trinajstić information content (AvgIpc) is 2.51. The molecule has 0 bridgehead atoms. The molecule has 2 aromatic carbocycles. The summed E-state index contributed by atoms with van der Waals surface area (Å²) in [7, 11) is -8.50. The normalized spacial score (nSPS) is 13.0. The third kappa shape index (κ3) is 4.78. The van der Waals surface area contributed by atoms with E-state index in [1.807, 2.05) is 4.72 Å². The lowest BCUT2D eigenvalue weighted by atomic mass is 10.2. The SMILES string of the molecule is NS(=O)(=O)c1ccc(CNS(=O)(=O)c2cc(C(F)(F)F)ccc2F)cc1. The Morgan fingerprint density at radius 1 is 0.962 bits per heavy atom. The monoisotopic (exact) mass is 412 g/mol. The van der Waals surface area contributed by atoms with Gasteiger partial charge in [0.05, 0.1) is 10.5 Å². The molecule has 0 heterocycles. The van der Waals surface area contributed by atoms with Gasteiger partial charge in [0.25, 0.3) is 0 Å². The van der Waals surface area contributed by atoms with Crippen LogP contribution in [0.25, 0.3) is 0 Å². The first kappa shape index (κ1) is 20.3. The fourth-order valence-electron chi connectivity index (χ4n) is 1.94. The van der Waals surface area contributed by atoms with E-state index in [9.17, 15) is 34.4 Å². The zero-order chi connectivity index (χ0) is 19.8. The van der Waals surface area contributed by atoms with Crippen molar-refractivity contribution in [3.05, 3.63) is 59.4 Å². The Morgan fingerprint density at radius 3 is 2.04 bits per heavy atom. The van der Waals surface area contributed by atoms with Gasteiger partial charge in [-0.05, 0) is 35.9 Å². The molecule has 0 aliphatic carbocycles. The molecule has 6 nitrogen and oxygen atoms in total. The summed E-state index contributed by atoms with van der Waals surface area (Å²) in [5.41, 5.74) is -1.02. The summed E-state index contributed by atoms with van der Waals surface area (Å²) in [6, 6.07) is 5.81. The predicted octanol–water partition coefficient (Wildman–Crippen LogP) is 1.97. The van der Waals surface area contributed by atoms with Gasteiger partial charge in [-0.2, -0.15) is 13.2 Å². The molecule has 12 heteroatoms. The Bertz CT molecular complexity index is 1020. The number of rotatable bonds is 5. The third-order valence-corrected chi connectivity index (χ3v) is 5.61. The van der Waals surface area contributed by atoms with E-state index in [2.05, 4.69) is 0 Å². The first-order valence-corrected chi connectivity index (χ1v) is 9.82. The van der Waals surface area contributed by atoms with Crippen LogP contribution in [0.1, 0.15) is 11.1 Å². The zero-order valence-electron chi connectivity index (χ0n) is 12.8. The molecule has 3 N–H and O–H groups in total. The molecule has 0 atom stereocenters. The zero-order valence-corrected chi connectivity index (χ0v) is 14.4. The van der Waals surface area contributed by atoms with Gasteiger partial charge in [0.1, 0.15) is 10.7 Å². The fourth-order valence-corrected chi connectivity index (χ4v) is 3.57. The van der Waals surface area contributed by atoms with E-state index < -0.39 is 49.0 Å². The molecule has 0 fully saturated rings. The number of alkyl halides is 3. The van der Waals surface area contributed by atoms with Crippen molar-refractivity contribution in [1.29, 1.82) is 0 Å². The maximum Gasteiger partial charge on any atom is 0.416 e. The van der Waals surface area contributed by atoms with E-state index >= 15 is 0 Å². The minimum Gasteiger partial charge on any atom is -0.225 e. The Morgan fingerprint density at radius 2 is 1.54 bits per heavy atom. The standard InChI is InChI=1S/C14H12F4N2O4S2/c15-12-6-3-10(14(16,17)18)7-13(12)26(23,24)20-8-9-1-4-11(5-2-9)25(19,21)22/h1-7,20H,8H2,(H2,19,21,22). The minimum atomic E-state index is -4.83. The van der Waals surface area contributed by atoms with E-state index in [1.165, 1.54) is 12.1 Å². The van der Waals surface area contributed by atoms with Crippen LogP contribution in [0.15, 0.2) is 52.3 Å². The summed E-state index contributed by atoms with van der Waals surface area (Å²) in [5, 5.41) is 4.92. The van der Waals surface area contributed by atoms with Gasteiger partial charge in [0.2, 0.25) is 20.0 Å². The van der Waals surface area contributed by atoms with Gasteiger partial charge >= 0.3 is 6.18 Å². The molecule has 0 saturated carbocycles. The van der Waals surface area contributed by atoms with Crippen LogP contribution in [-0.2, 0) is 32.8 Å². The average molecular weight is 412 g/mol. The minimum absolute atomic E-state index is 0.196. The van der Waals surface area contributed by atoms with Crippen LogP contribution in [-0.4, -0.2) is 16.8 Å². The van der Waals surface area contributed by atoms with Gasteiger partial charge in [-0.15, -0.1) is 0 Å². The number of halogens is 4. The van der Waals surface area contributed by atoms with Crippen molar-refractivity contribution < 1.29 is 34.4 Å². The van der Waals surface area contributed by atoms with Gasteiger partial charge in [-0.1, -0.05) is 12.1 Å². The maximum absolute atomic E-state index is 13.7. The maximum atomic E-state index is 13.7. The largest absolute Gasteiger partial charge is 0.416 e. The molecule has 0 aliphatic rings. The highest BCUT2D eigenvalue weighted by atomic mass is 32.2. The molecule has 0 saturated heterocycles. The molecule has 0 aromatic heterocycles. The van der Waals surface area contributed by atoms with E-state index in [4.69, 9.17) is 5.14 Å². The van der Waals surface area contributed by atoms with Crippen LogP contribution in [0.2, 0.25) is 0 Å². The topological polar surface area (TPSA) is 106 Å². The summed E-state index contributed by atoms with van der Waals surface area (Å²) >= 11 is 0. The van der Waals surface area contributed by atoms with Gasteiger partial charge in [-0.25, -0.2) is 31.1 Å². The highest BCUT2D eigenvalue weighted by molar-refractivity contribution is 7.89. The number of sulfonamides is 2. The Balaban J connectivity index is 2.24.